The Labute approximate surface area is 142 Å². The Bertz CT molecular complexity index is 593. The number of anilines is 1. The van der Waals surface area contributed by atoms with Gasteiger partial charge in [0, 0.05) is 52.5 Å². The SMILES string of the molecule is CCNC(=O)N1CCN([C@@H]2CCCN(c3cnn(C)c3)C2=O)CC1. The Balaban J connectivity index is 1.61. The maximum Gasteiger partial charge on any atom is 0.317 e. The summed E-state index contributed by atoms with van der Waals surface area (Å²) in [7, 11) is 1.86. The van der Waals surface area contributed by atoms with Gasteiger partial charge in [0.25, 0.3) is 0 Å². The Morgan fingerprint density at radius 2 is 2.04 bits per heavy atom. The van der Waals surface area contributed by atoms with Crippen LogP contribution in [-0.2, 0) is 11.8 Å². The molecule has 0 aromatic carbocycles. The highest BCUT2D eigenvalue weighted by molar-refractivity contribution is 5.97. The lowest BCUT2D eigenvalue weighted by atomic mass is 10.0. The Morgan fingerprint density at radius 3 is 2.67 bits per heavy atom. The predicted molar refractivity (Wildman–Crippen MR) is 90.8 cm³/mol. The molecule has 132 valence electrons. The number of aryl methyl sites for hydroxylation is 1. The fourth-order valence-electron chi connectivity index (χ4n) is 3.50. The van der Waals surface area contributed by atoms with Crippen LogP contribution < -0.4 is 10.2 Å². The fourth-order valence-corrected chi connectivity index (χ4v) is 3.50. The topological polar surface area (TPSA) is 73.7 Å². The van der Waals surface area contributed by atoms with E-state index in [9.17, 15) is 9.59 Å². The van der Waals surface area contributed by atoms with E-state index in [-0.39, 0.29) is 18.0 Å². The Kier molecular flexibility index (Phi) is 5.03. The smallest absolute Gasteiger partial charge is 0.317 e. The molecule has 1 atom stereocenters. The van der Waals surface area contributed by atoms with Gasteiger partial charge in [-0.05, 0) is 19.8 Å². The largest absolute Gasteiger partial charge is 0.338 e. The van der Waals surface area contributed by atoms with E-state index in [0.717, 1.165) is 38.2 Å². The standard InChI is InChI=1S/C16H26N6O2/c1-3-17-16(24)21-9-7-20(8-10-21)14-5-4-6-22(15(14)23)13-11-18-19(2)12-13/h11-12,14H,3-10H2,1-2H3,(H,17,24)/t14-/m1/s1. The van der Waals surface area contributed by atoms with Crippen LogP contribution in [0.3, 0.4) is 0 Å². The van der Waals surface area contributed by atoms with Crippen molar-refractivity contribution in [1.82, 2.24) is 24.9 Å². The van der Waals surface area contributed by atoms with Crippen LogP contribution in [0.2, 0.25) is 0 Å². The lowest BCUT2D eigenvalue weighted by molar-refractivity contribution is -0.126. The summed E-state index contributed by atoms with van der Waals surface area (Å²) >= 11 is 0. The van der Waals surface area contributed by atoms with E-state index in [1.165, 1.54) is 0 Å². The summed E-state index contributed by atoms with van der Waals surface area (Å²) in [6, 6.07) is -0.0977. The molecule has 2 saturated heterocycles. The monoisotopic (exact) mass is 334 g/mol. The summed E-state index contributed by atoms with van der Waals surface area (Å²) in [6.07, 6.45) is 5.50. The lowest BCUT2D eigenvalue weighted by Gasteiger charge is -2.42. The van der Waals surface area contributed by atoms with E-state index < -0.39 is 0 Å². The van der Waals surface area contributed by atoms with Crippen molar-refractivity contribution < 1.29 is 9.59 Å². The number of carbonyl (C=O) groups is 2. The molecule has 0 bridgehead atoms. The average Bonchev–Trinajstić information content (AvgIpc) is 3.02. The molecule has 8 nitrogen and oxygen atoms in total. The molecule has 8 heteroatoms. The van der Waals surface area contributed by atoms with E-state index in [1.54, 1.807) is 10.9 Å². The van der Waals surface area contributed by atoms with Crippen molar-refractivity contribution in [3.05, 3.63) is 12.4 Å². The van der Waals surface area contributed by atoms with Crippen molar-refractivity contribution in [2.75, 3.05) is 44.2 Å². The number of carbonyl (C=O) groups excluding carboxylic acids is 2. The van der Waals surface area contributed by atoms with E-state index in [4.69, 9.17) is 0 Å². The number of hydrogen-bond donors (Lipinski definition) is 1. The number of piperazine rings is 1. The van der Waals surface area contributed by atoms with E-state index in [2.05, 4.69) is 15.3 Å². The number of aromatic nitrogens is 2. The molecular weight excluding hydrogens is 308 g/mol. The third-order valence-corrected chi connectivity index (χ3v) is 4.78. The van der Waals surface area contributed by atoms with Crippen LogP contribution in [0.4, 0.5) is 10.5 Å². The first-order chi connectivity index (χ1) is 11.6. The van der Waals surface area contributed by atoms with E-state index >= 15 is 0 Å². The Morgan fingerprint density at radius 1 is 1.29 bits per heavy atom. The van der Waals surface area contributed by atoms with Gasteiger partial charge in [0.05, 0.1) is 17.9 Å². The maximum atomic E-state index is 12.9. The molecule has 0 aliphatic carbocycles. The van der Waals surface area contributed by atoms with Gasteiger partial charge in [-0.2, -0.15) is 5.10 Å². The molecule has 0 radical (unpaired) electrons. The highest BCUT2D eigenvalue weighted by atomic mass is 16.2. The fraction of sp³-hybridized carbons (Fsp3) is 0.688. The summed E-state index contributed by atoms with van der Waals surface area (Å²) in [5.74, 6) is 0.153. The molecule has 2 fully saturated rings. The summed E-state index contributed by atoms with van der Waals surface area (Å²) in [4.78, 5) is 30.7. The van der Waals surface area contributed by atoms with Gasteiger partial charge < -0.3 is 15.1 Å². The quantitative estimate of drug-likeness (QED) is 0.861. The molecule has 2 aliphatic rings. The van der Waals surface area contributed by atoms with Gasteiger partial charge in [-0.1, -0.05) is 0 Å². The number of piperidine rings is 1. The first-order valence-corrected chi connectivity index (χ1v) is 8.67. The number of nitrogens with zero attached hydrogens (tertiary/aromatic N) is 5. The second kappa shape index (κ2) is 7.21. The minimum absolute atomic E-state index is 0.0101. The summed E-state index contributed by atoms with van der Waals surface area (Å²) < 4.78 is 1.72. The number of hydrogen-bond acceptors (Lipinski definition) is 4. The molecule has 1 aromatic heterocycles. The van der Waals surface area contributed by atoms with Gasteiger partial charge in [-0.25, -0.2) is 4.79 Å². The van der Waals surface area contributed by atoms with Crippen molar-refractivity contribution in [3.63, 3.8) is 0 Å². The second-order valence-corrected chi connectivity index (χ2v) is 6.38. The molecule has 3 heterocycles. The normalized spacial score (nSPS) is 22.8. The van der Waals surface area contributed by atoms with Gasteiger partial charge in [-0.15, -0.1) is 0 Å². The zero-order valence-corrected chi connectivity index (χ0v) is 14.4. The van der Waals surface area contributed by atoms with Crippen molar-refractivity contribution in [2.45, 2.75) is 25.8 Å². The van der Waals surface area contributed by atoms with Gasteiger partial charge in [0.15, 0.2) is 0 Å². The highest BCUT2D eigenvalue weighted by Gasteiger charge is 2.36. The molecule has 1 N–H and O–H groups in total. The molecule has 2 aliphatic heterocycles. The van der Waals surface area contributed by atoms with Crippen LogP contribution in [0.1, 0.15) is 19.8 Å². The minimum Gasteiger partial charge on any atom is -0.338 e. The number of rotatable bonds is 3. The van der Waals surface area contributed by atoms with Gasteiger partial charge in [0.2, 0.25) is 5.91 Å². The third kappa shape index (κ3) is 3.38. The Hall–Kier alpha value is -2.09. The number of nitrogens with one attached hydrogen (secondary N) is 1. The lowest BCUT2D eigenvalue weighted by Crippen LogP contribution is -2.59. The third-order valence-electron chi connectivity index (χ3n) is 4.78. The first kappa shape index (κ1) is 16.8. The molecule has 24 heavy (non-hydrogen) atoms. The number of urea groups is 1. The van der Waals surface area contributed by atoms with E-state index in [1.807, 2.05) is 30.0 Å². The molecule has 3 amide bonds. The highest BCUT2D eigenvalue weighted by Crippen LogP contribution is 2.24. The van der Waals surface area contributed by atoms with Crippen LogP contribution in [-0.4, -0.2) is 76.8 Å². The second-order valence-electron chi connectivity index (χ2n) is 6.38. The van der Waals surface area contributed by atoms with Crippen molar-refractivity contribution >= 4 is 17.6 Å². The molecule has 0 spiro atoms. The molecule has 1 aromatic rings. The summed E-state index contributed by atoms with van der Waals surface area (Å²) in [5, 5.41) is 7.00. The molecule has 0 unspecified atom stereocenters. The molecule has 0 saturated carbocycles. The van der Waals surface area contributed by atoms with Crippen molar-refractivity contribution in [2.24, 2.45) is 7.05 Å². The number of amides is 3. The van der Waals surface area contributed by atoms with Gasteiger partial charge >= 0.3 is 6.03 Å². The maximum absolute atomic E-state index is 12.9. The van der Waals surface area contributed by atoms with E-state index in [0.29, 0.717) is 19.6 Å². The first-order valence-electron chi connectivity index (χ1n) is 8.67. The summed E-state index contributed by atoms with van der Waals surface area (Å²) in [6.45, 7) is 6.13. The van der Waals surface area contributed by atoms with Crippen LogP contribution in [0.5, 0.6) is 0 Å². The van der Waals surface area contributed by atoms with Crippen molar-refractivity contribution in [3.8, 4) is 0 Å². The minimum atomic E-state index is -0.0876. The van der Waals surface area contributed by atoms with Crippen LogP contribution in [0.25, 0.3) is 0 Å². The van der Waals surface area contributed by atoms with Crippen LogP contribution in [0.15, 0.2) is 12.4 Å². The van der Waals surface area contributed by atoms with Gasteiger partial charge in [-0.3, -0.25) is 14.4 Å². The average molecular weight is 334 g/mol. The zero-order chi connectivity index (χ0) is 17.1. The summed E-state index contributed by atoms with van der Waals surface area (Å²) in [5.41, 5.74) is 0.869. The predicted octanol–water partition coefficient (Wildman–Crippen LogP) is 0.263. The molecular formula is C16H26N6O2. The van der Waals surface area contributed by atoms with Crippen LogP contribution >= 0.6 is 0 Å². The van der Waals surface area contributed by atoms with Crippen LogP contribution in [0, 0.1) is 0 Å². The van der Waals surface area contributed by atoms with Crippen molar-refractivity contribution in [1.29, 1.82) is 0 Å². The van der Waals surface area contributed by atoms with Gasteiger partial charge in [0.1, 0.15) is 0 Å². The molecule has 3 rings (SSSR count). The zero-order valence-electron chi connectivity index (χ0n) is 14.4.